The third kappa shape index (κ3) is 6.07. The molecule has 0 aliphatic carbocycles. The Morgan fingerprint density at radius 3 is 2.55 bits per heavy atom. The molecule has 0 spiro atoms. The second kappa shape index (κ2) is 12.7. The van der Waals surface area contributed by atoms with Gasteiger partial charge in [0.15, 0.2) is 0 Å². The molecule has 8 nitrogen and oxygen atoms in total. The molecule has 2 aliphatic rings. The lowest BCUT2D eigenvalue weighted by Gasteiger charge is -2.44. The van der Waals surface area contributed by atoms with Crippen LogP contribution in [0.15, 0.2) is 46.6 Å². The molecule has 1 unspecified atom stereocenters. The van der Waals surface area contributed by atoms with E-state index in [1.165, 1.54) is 22.8 Å². The zero-order valence-corrected chi connectivity index (χ0v) is 26.0. The highest BCUT2D eigenvalue weighted by molar-refractivity contribution is 7.99. The number of hydrogen-bond acceptors (Lipinski definition) is 7. The minimum atomic E-state index is -4.82. The molecule has 2 aliphatic heterocycles. The second-order valence-electron chi connectivity index (χ2n) is 10.9. The fourth-order valence-corrected chi connectivity index (χ4v) is 7.47. The monoisotopic (exact) mass is 653 g/mol. The Morgan fingerprint density at radius 1 is 1.23 bits per heavy atom. The Balaban J connectivity index is 1.78. The molecular weight excluding hydrogens is 622 g/mol. The Labute approximate surface area is 261 Å². The fourth-order valence-electron chi connectivity index (χ4n) is 6.00. The summed E-state index contributed by atoms with van der Waals surface area (Å²) in [4.78, 5) is 34.2. The Kier molecular flexibility index (Phi) is 9.31. The number of piperazine rings is 1. The van der Waals surface area contributed by atoms with Gasteiger partial charge in [0.2, 0.25) is 5.91 Å². The number of hydrogen-bond donors (Lipinski definition) is 1. The second-order valence-corrected chi connectivity index (χ2v) is 12.4. The van der Waals surface area contributed by atoms with Gasteiger partial charge in [-0.05, 0) is 50.7 Å². The molecule has 1 aromatic heterocycles. The standard InChI is InChI=1S/C30H32ClF4N5O3S/c1-5-24(41)40-16(2)12-38(13-17(40)3)28-20-11-21(30(33,34)35)25(18-6-7-23(32)22(31)10-18)27-26(20)39(29(42)37-28)14-19(15-44-27)43-9-8-36-4/h5-7,10-11,16-17,19,36H,1,8-9,12-15H2,2-4H3/t16-,17+,19?. The molecule has 3 atom stereocenters. The average molecular weight is 654 g/mol. The smallest absolute Gasteiger partial charge is 0.374 e. The van der Waals surface area contributed by atoms with E-state index < -0.39 is 29.4 Å². The van der Waals surface area contributed by atoms with Gasteiger partial charge in [-0.15, -0.1) is 11.8 Å². The normalized spacial score (nSPS) is 20.6. The lowest BCUT2D eigenvalue weighted by Crippen LogP contribution is -2.58. The van der Waals surface area contributed by atoms with Crippen molar-refractivity contribution in [1.82, 2.24) is 19.8 Å². The van der Waals surface area contributed by atoms with Crippen LogP contribution in [0, 0.1) is 5.82 Å². The summed E-state index contributed by atoms with van der Waals surface area (Å²) in [5.74, 6) is -0.651. The van der Waals surface area contributed by atoms with Crippen molar-refractivity contribution in [3.8, 4) is 11.1 Å². The quantitative estimate of drug-likeness (QED) is 0.214. The SMILES string of the molecule is C=CC(=O)N1[C@H](C)CN(c2nc(=O)n3c4c(c(-c5ccc(F)c(Cl)c5)c(C(F)(F)F)cc24)SCC(OCCNC)C3)C[C@@H]1C. The Hall–Kier alpha value is -3.13. The molecule has 1 amide bonds. The highest BCUT2D eigenvalue weighted by Gasteiger charge is 2.40. The van der Waals surface area contributed by atoms with E-state index in [0.717, 1.165) is 23.9 Å². The van der Waals surface area contributed by atoms with Crippen molar-refractivity contribution >= 4 is 46.0 Å². The first-order chi connectivity index (χ1) is 20.8. The minimum absolute atomic E-state index is 0.0684. The first kappa shape index (κ1) is 32.3. The molecule has 1 fully saturated rings. The van der Waals surface area contributed by atoms with Crippen molar-refractivity contribution in [2.45, 2.75) is 49.7 Å². The molecule has 3 heterocycles. The van der Waals surface area contributed by atoms with Gasteiger partial charge in [-0.25, -0.2) is 9.18 Å². The van der Waals surface area contributed by atoms with Crippen molar-refractivity contribution in [2.75, 3.05) is 43.9 Å². The van der Waals surface area contributed by atoms with E-state index >= 15 is 0 Å². The number of benzene rings is 2. The topological polar surface area (TPSA) is 79.7 Å². The number of carbonyl (C=O) groups is 1. The van der Waals surface area contributed by atoms with Crippen LogP contribution in [-0.2, 0) is 22.3 Å². The molecule has 0 radical (unpaired) electrons. The molecule has 14 heteroatoms. The summed E-state index contributed by atoms with van der Waals surface area (Å²) in [6.07, 6.45) is -4.09. The number of alkyl halides is 3. The molecular formula is C30H32ClF4N5O3S. The molecule has 5 rings (SSSR count). The number of rotatable bonds is 7. The molecule has 1 N–H and O–H groups in total. The van der Waals surface area contributed by atoms with E-state index in [2.05, 4.69) is 16.9 Å². The highest BCUT2D eigenvalue weighted by Crippen LogP contribution is 2.48. The summed E-state index contributed by atoms with van der Waals surface area (Å²) in [5, 5.41) is 2.81. The summed E-state index contributed by atoms with van der Waals surface area (Å²) >= 11 is 7.19. The number of likely N-dealkylation sites (N-methyl/N-ethyl adjacent to an activating group) is 1. The van der Waals surface area contributed by atoms with Crippen LogP contribution in [0.4, 0.5) is 23.4 Å². The van der Waals surface area contributed by atoms with Gasteiger partial charge in [0.05, 0.1) is 35.4 Å². The number of halogens is 5. The molecule has 0 saturated carbocycles. The predicted octanol–water partition coefficient (Wildman–Crippen LogP) is 5.20. The fraction of sp³-hybridized carbons (Fsp3) is 0.433. The number of thioether (sulfide) groups is 1. The van der Waals surface area contributed by atoms with Gasteiger partial charge in [-0.3, -0.25) is 9.36 Å². The summed E-state index contributed by atoms with van der Waals surface area (Å²) in [6, 6.07) is 3.80. The first-order valence-electron chi connectivity index (χ1n) is 14.1. The van der Waals surface area contributed by atoms with Crippen LogP contribution in [0.2, 0.25) is 5.02 Å². The summed E-state index contributed by atoms with van der Waals surface area (Å²) in [5.41, 5.74) is -1.43. The van der Waals surface area contributed by atoms with Gasteiger partial charge >= 0.3 is 11.9 Å². The summed E-state index contributed by atoms with van der Waals surface area (Å²) < 4.78 is 66.2. The Morgan fingerprint density at radius 2 is 1.93 bits per heavy atom. The molecule has 236 valence electrons. The largest absolute Gasteiger partial charge is 0.417 e. The number of amides is 1. The number of anilines is 1. The van der Waals surface area contributed by atoms with Crippen LogP contribution in [0.3, 0.4) is 0 Å². The van der Waals surface area contributed by atoms with Crippen LogP contribution in [-0.4, -0.2) is 77.6 Å². The van der Waals surface area contributed by atoms with E-state index in [9.17, 15) is 27.2 Å². The molecule has 2 aromatic carbocycles. The van der Waals surface area contributed by atoms with Crippen LogP contribution in [0.25, 0.3) is 22.0 Å². The van der Waals surface area contributed by atoms with E-state index in [1.807, 2.05) is 13.8 Å². The maximum Gasteiger partial charge on any atom is 0.417 e. The number of ether oxygens (including phenoxy) is 1. The number of carbonyl (C=O) groups excluding carboxylic acids is 1. The van der Waals surface area contributed by atoms with Gasteiger partial charge in [-0.1, -0.05) is 24.2 Å². The maximum atomic E-state index is 14.9. The number of nitrogens with one attached hydrogen (secondary N) is 1. The zero-order valence-electron chi connectivity index (χ0n) is 24.4. The van der Waals surface area contributed by atoms with Gasteiger partial charge in [0.1, 0.15) is 11.6 Å². The van der Waals surface area contributed by atoms with Crippen molar-refractivity contribution in [2.24, 2.45) is 0 Å². The maximum absolute atomic E-state index is 14.9. The molecule has 3 aromatic rings. The van der Waals surface area contributed by atoms with Crippen molar-refractivity contribution < 1.29 is 27.1 Å². The van der Waals surface area contributed by atoms with Gasteiger partial charge in [-0.2, -0.15) is 18.2 Å². The van der Waals surface area contributed by atoms with Crippen LogP contribution < -0.4 is 15.9 Å². The molecule has 0 bridgehead atoms. The van der Waals surface area contributed by atoms with E-state index in [4.69, 9.17) is 16.3 Å². The van der Waals surface area contributed by atoms with Crippen LogP contribution >= 0.6 is 23.4 Å². The Bertz CT molecular complexity index is 1650. The number of aromatic nitrogens is 2. The highest BCUT2D eigenvalue weighted by atomic mass is 35.5. The molecule has 1 saturated heterocycles. The van der Waals surface area contributed by atoms with Crippen molar-refractivity contribution in [3.05, 3.63) is 63.8 Å². The van der Waals surface area contributed by atoms with E-state index in [-0.39, 0.29) is 81.1 Å². The predicted molar refractivity (Wildman–Crippen MR) is 164 cm³/mol. The zero-order chi connectivity index (χ0) is 31.9. The first-order valence-corrected chi connectivity index (χ1v) is 15.4. The van der Waals surface area contributed by atoms with Crippen molar-refractivity contribution in [3.63, 3.8) is 0 Å². The van der Waals surface area contributed by atoms with Gasteiger partial charge in [0, 0.05) is 53.3 Å². The summed E-state index contributed by atoms with van der Waals surface area (Å²) in [6.45, 7) is 8.66. The van der Waals surface area contributed by atoms with E-state index in [0.29, 0.717) is 13.2 Å². The third-order valence-electron chi connectivity index (χ3n) is 7.87. The van der Waals surface area contributed by atoms with Crippen LogP contribution in [0.1, 0.15) is 19.4 Å². The minimum Gasteiger partial charge on any atom is -0.374 e. The summed E-state index contributed by atoms with van der Waals surface area (Å²) in [7, 11) is 1.77. The van der Waals surface area contributed by atoms with Gasteiger partial charge < -0.3 is 19.9 Å². The van der Waals surface area contributed by atoms with Gasteiger partial charge in [0.25, 0.3) is 0 Å². The van der Waals surface area contributed by atoms with Crippen LogP contribution in [0.5, 0.6) is 0 Å². The lowest BCUT2D eigenvalue weighted by atomic mass is 9.96. The number of nitrogens with zero attached hydrogens (tertiary/aromatic N) is 4. The van der Waals surface area contributed by atoms with Crippen molar-refractivity contribution in [1.29, 1.82) is 0 Å². The third-order valence-corrected chi connectivity index (χ3v) is 9.38. The average Bonchev–Trinajstić information content (AvgIpc) is 3.16. The lowest BCUT2D eigenvalue weighted by molar-refractivity contribution is -0.137. The van der Waals surface area contributed by atoms with E-state index in [1.54, 1.807) is 16.8 Å². The molecule has 44 heavy (non-hydrogen) atoms.